The summed E-state index contributed by atoms with van der Waals surface area (Å²) < 4.78 is 11.1. The number of allylic oxidation sites excluding steroid dienone is 1. The second-order valence-corrected chi connectivity index (χ2v) is 4.82. The summed E-state index contributed by atoms with van der Waals surface area (Å²) in [6, 6.07) is 0. The van der Waals surface area contributed by atoms with Crippen LogP contribution in [0.1, 0.15) is 13.8 Å². The summed E-state index contributed by atoms with van der Waals surface area (Å²) in [6.07, 6.45) is 1.69. The first kappa shape index (κ1) is 7.76. The van der Waals surface area contributed by atoms with Gasteiger partial charge in [0, 0.05) is 6.26 Å². The summed E-state index contributed by atoms with van der Waals surface area (Å²) >= 11 is 0. The Bertz CT molecular complexity index is 184. The van der Waals surface area contributed by atoms with E-state index in [9.17, 15) is 4.21 Å². The molecule has 0 aliphatic heterocycles. The Morgan fingerprint density at radius 2 is 2.12 bits per heavy atom. The van der Waals surface area contributed by atoms with Gasteiger partial charge in [-0.15, -0.1) is 0 Å². The third kappa shape index (κ3) is 1.70. The Morgan fingerprint density at radius 1 is 1.75 bits per heavy atom. The SMILES string of the molecule is C=C(C)S(C)(=O)=CC. The van der Waals surface area contributed by atoms with Crippen molar-refractivity contribution in [2.75, 3.05) is 6.26 Å². The summed E-state index contributed by atoms with van der Waals surface area (Å²) in [6.45, 7) is 7.16. The smallest absolute Gasteiger partial charge is 0.00855 e. The maximum Gasteiger partial charge on any atom is 0.00855 e. The highest BCUT2D eigenvalue weighted by Gasteiger charge is 1.94. The first-order chi connectivity index (χ1) is 3.50. The third-order valence-corrected chi connectivity index (χ3v) is 3.43. The van der Waals surface area contributed by atoms with Gasteiger partial charge in [-0.2, -0.15) is 0 Å². The molecule has 1 unspecified atom stereocenters. The van der Waals surface area contributed by atoms with Crippen LogP contribution in [0.4, 0.5) is 0 Å². The van der Waals surface area contributed by atoms with E-state index in [-0.39, 0.29) is 0 Å². The maximum absolute atomic E-state index is 11.1. The van der Waals surface area contributed by atoms with Crippen LogP contribution < -0.4 is 0 Å². The Balaban J connectivity index is 4.69. The van der Waals surface area contributed by atoms with E-state index in [0.29, 0.717) is 0 Å². The van der Waals surface area contributed by atoms with Crippen LogP contribution in [0.5, 0.6) is 0 Å². The van der Waals surface area contributed by atoms with Gasteiger partial charge in [-0.3, -0.25) is 4.21 Å². The fourth-order valence-electron chi connectivity index (χ4n) is 0.201. The molecule has 1 nitrogen and oxygen atoms in total. The number of hydrogen-bond acceptors (Lipinski definition) is 1. The fraction of sp³-hybridized carbons (Fsp3) is 0.500. The van der Waals surface area contributed by atoms with Crippen LogP contribution in [0.25, 0.3) is 0 Å². The van der Waals surface area contributed by atoms with Gasteiger partial charge in [0.15, 0.2) is 0 Å². The number of rotatable bonds is 1. The molecule has 0 N–H and O–H groups in total. The summed E-state index contributed by atoms with van der Waals surface area (Å²) in [4.78, 5) is 0.750. The van der Waals surface area contributed by atoms with E-state index in [2.05, 4.69) is 6.58 Å². The molecular formula is C6H12OS. The standard InChI is InChI=1S/C6H12OS/c1-5-8(4,7)6(2)3/h5H,2H2,1,3-4H3. The molecule has 2 heteroatoms. The van der Waals surface area contributed by atoms with Gasteiger partial charge in [0.1, 0.15) is 0 Å². The first-order valence-electron chi connectivity index (χ1n) is 2.45. The Morgan fingerprint density at radius 3 is 2.12 bits per heavy atom. The van der Waals surface area contributed by atoms with Crippen LogP contribution in [0, 0.1) is 0 Å². The normalized spacial score (nSPS) is 16.9. The summed E-state index contributed by atoms with van der Waals surface area (Å²) in [5.74, 6) is 0. The van der Waals surface area contributed by atoms with Crippen LogP contribution in [0.15, 0.2) is 11.5 Å². The molecule has 0 aromatic rings. The van der Waals surface area contributed by atoms with Gasteiger partial charge < -0.3 is 0 Å². The molecule has 0 spiro atoms. The van der Waals surface area contributed by atoms with Gasteiger partial charge in [-0.25, -0.2) is 0 Å². The highest BCUT2D eigenvalue weighted by atomic mass is 32.2. The molecule has 0 fully saturated rings. The van der Waals surface area contributed by atoms with Crippen molar-refractivity contribution in [1.29, 1.82) is 0 Å². The Hall–Kier alpha value is -0.240. The molecule has 0 heterocycles. The molecule has 0 aliphatic carbocycles. The van der Waals surface area contributed by atoms with Crippen molar-refractivity contribution in [3.8, 4) is 0 Å². The molecular weight excluding hydrogens is 120 g/mol. The van der Waals surface area contributed by atoms with Crippen molar-refractivity contribution in [3.05, 3.63) is 11.5 Å². The Kier molecular flexibility index (Phi) is 2.28. The highest BCUT2D eigenvalue weighted by molar-refractivity contribution is 8.04. The van der Waals surface area contributed by atoms with Crippen LogP contribution in [-0.4, -0.2) is 15.8 Å². The van der Waals surface area contributed by atoms with E-state index < -0.39 is 9.52 Å². The van der Waals surface area contributed by atoms with Gasteiger partial charge in [0.2, 0.25) is 0 Å². The molecule has 0 saturated carbocycles. The van der Waals surface area contributed by atoms with Crippen molar-refractivity contribution in [2.45, 2.75) is 13.8 Å². The minimum atomic E-state index is -1.81. The molecule has 1 atom stereocenters. The average molecular weight is 132 g/mol. The van der Waals surface area contributed by atoms with E-state index in [1.54, 1.807) is 25.5 Å². The van der Waals surface area contributed by atoms with E-state index in [1.165, 1.54) is 0 Å². The molecule has 0 rings (SSSR count). The lowest BCUT2D eigenvalue weighted by Crippen LogP contribution is -1.98. The monoisotopic (exact) mass is 132 g/mol. The van der Waals surface area contributed by atoms with E-state index in [0.717, 1.165) is 4.91 Å². The minimum Gasteiger partial charge on any atom is -0.264 e. The quantitative estimate of drug-likeness (QED) is 0.491. The molecule has 0 radical (unpaired) electrons. The number of hydrogen-bond donors (Lipinski definition) is 0. The van der Waals surface area contributed by atoms with Crippen LogP contribution in [0.2, 0.25) is 0 Å². The lowest BCUT2D eigenvalue weighted by Gasteiger charge is -1.98. The predicted octanol–water partition coefficient (Wildman–Crippen LogP) is 1.26. The molecule has 0 saturated heterocycles. The lowest BCUT2D eigenvalue weighted by molar-refractivity contribution is 0.688. The van der Waals surface area contributed by atoms with Crippen LogP contribution in [0.3, 0.4) is 0 Å². The predicted molar refractivity (Wildman–Crippen MR) is 40.6 cm³/mol. The van der Waals surface area contributed by atoms with Crippen LogP contribution >= 0.6 is 0 Å². The topological polar surface area (TPSA) is 17.1 Å². The second-order valence-electron chi connectivity index (χ2n) is 1.84. The molecule has 8 heavy (non-hydrogen) atoms. The molecule has 0 amide bonds. The molecule has 0 aromatic heterocycles. The van der Waals surface area contributed by atoms with E-state index >= 15 is 0 Å². The summed E-state index contributed by atoms with van der Waals surface area (Å²) in [5, 5.41) is 1.69. The van der Waals surface area contributed by atoms with E-state index in [4.69, 9.17) is 0 Å². The first-order valence-corrected chi connectivity index (χ1v) is 4.48. The van der Waals surface area contributed by atoms with Crippen molar-refractivity contribution in [1.82, 2.24) is 0 Å². The molecule has 48 valence electrons. The Labute approximate surface area is 51.4 Å². The van der Waals surface area contributed by atoms with Crippen molar-refractivity contribution in [3.63, 3.8) is 0 Å². The summed E-state index contributed by atoms with van der Waals surface area (Å²) in [5.41, 5.74) is 0. The lowest BCUT2D eigenvalue weighted by atomic mass is 10.8. The van der Waals surface area contributed by atoms with Gasteiger partial charge in [0.05, 0.1) is 0 Å². The largest absolute Gasteiger partial charge is 0.264 e. The van der Waals surface area contributed by atoms with E-state index in [1.807, 2.05) is 0 Å². The maximum atomic E-state index is 11.1. The van der Waals surface area contributed by atoms with Crippen molar-refractivity contribution in [2.24, 2.45) is 0 Å². The van der Waals surface area contributed by atoms with Gasteiger partial charge >= 0.3 is 0 Å². The zero-order valence-corrected chi connectivity index (χ0v) is 6.42. The highest BCUT2D eigenvalue weighted by Crippen LogP contribution is 1.98. The summed E-state index contributed by atoms with van der Waals surface area (Å²) in [7, 11) is -1.81. The fourth-order valence-corrected chi connectivity index (χ4v) is 0.604. The molecule has 0 aliphatic rings. The van der Waals surface area contributed by atoms with Crippen molar-refractivity contribution < 1.29 is 4.21 Å². The zero-order chi connectivity index (χ0) is 6.78. The zero-order valence-electron chi connectivity index (χ0n) is 5.60. The van der Waals surface area contributed by atoms with Gasteiger partial charge in [-0.05, 0) is 33.6 Å². The van der Waals surface area contributed by atoms with Crippen molar-refractivity contribution >= 4 is 14.9 Å². The second kappa shape index (κ2) is 2.35. The average Bonchev–Trinajstić information content (AvgIpc) is 1.67. The van der Waals surface area contributed by atoms with Gasteiger partial charge in [0.25, 0.3) is 0 Å². The minimum absolute atomic E-state index is 0.750. The third-order valence-electron chi connectivity index (χ3n) is 1.14. The van der Waals surface area contributed by atoms with Gasteiger partial charge in [-0.1, -0.05) is 6.58 Å². The van der Waals surface area contributed by atoms with Crippen LogP contribution in [-0.2, 0) is 9.52 Å². The molecule has 0 aromatic carbocycles. The molecule has 0 bridgehead atoms.